The third-order valence-electron chi connectivity index (χ3n) is 8.55. The zero-order valence-corrected chi connectivity index (χ0v) is 21.4. The van der Waals surface area contributed by atoms with E-state index in [1.807, 2.05) is 0 Å². The largest absolute Gasteiger partial charge is 0.246 e. The van der Waals surface area contributed by atoms with Crippen LogP contribution in [0.3, 0.4) is 0 Å². The van der Waals surface area contributed by atoms with Crippen molar-refractivity contribution in [3.63, 3.8) is 0 Å². The molecule has 0 bridgehead atoms. The summed E-state index contributed by atoms with van der Waals surface area (Å²) in [7, 11) is 2.26. The van der Waals surface area contributed by atoms with Crippen LogP contribution < -0.4 is 4.68 Å². The first-order valence-corrected chi connectivity index (χ1v) is 12.2. The van der Waals surface area contributed by atoms with E-state index < -0.39 is 0 Å². The summed E-state index contributed by atoms with van der Waals surface area (Å²) < 4.78 is 5.08. The van der Waals surface area contributed by atoms with Gasteiger partial charge in [0.25, 0.3) is 0 Å². The molecule has 2 atom stereocenters. The van der Waals surface area contributed by atoms with Crippen molar-refractivity contribution >= 4 is 0 Å². The fourth-order valence-corrected chi connectivity index (χ4v) is 6.30. The molecule has 2 aromatic carbocycles. The fraction of sp³-hybridized carbons (Fsp3) is 0.387. The predicted octanol–water partition coefficient (Wildman–Crippen LogP) is 7.25. The third-order valence-corrected chi connectivity index (χ3v) is 8.55. The average Bonchev–Trinajstić information content (AvgIpc) is 3.06. The standard InChI is InChI=1S/C31H37N2/c1-20-17-21(2)19-24(18-20)28-26(23-14-10-9-11-15-23)29-31(6,7)30(4,5)25-16-12-13-22(3)27(25)33(29)32(28)8/h9-19,22,27H,1-8H3/q+1/t22-,27?/m1/s1. The molecule has 0 radical (unpaired) electrons. The van der Waals surface area contributed by atoms with Gasteiger partial charge in [0.1, 0.15) is 6.04 Å². The monoisotopic (exact) mass is 437 g/mol. The summed E-state index contributed by atoms with van der Waals surface area (Å²) in [6.07, 6.45) is 7.02. The molecule has 0 spiro atoms. The van der Waals surface area contributed by atoms with Gasteiger partial charge in [-0.05, 0) is 42.5 Å². The van der Waals surface area contributed by atoms with Gasteiger partial charge in [0.15, 0.2) is 7.05 Å². The number of aromatic nitrogens is 2. The van der Waals surface area contributed by atoms with Gasteiger partial charge < -0.3 is 0 Å². The molecule has 0 fully saturated rings. The highest BCUT2D eigenvalue weighted by Crippen LogP contribution is 2.59. The van der Waals surface area contributed by atoms with Gasteiger partial charge in [0, 0.05) is 16.9 Å². The Bertz CT molecular complexity index is 1280. The number of hydrogen-bond acceptors (Lipinski definition) is 0. The molecule has 1 aromatic heterocycles. The number of aryl methyl sites for hydroxylation is 2. The second-order valence-electron chi connectivity index (χ2n) is 11.2. The lowest BCUT2D eigenvalue weighted by atomic mass is 9.56. The Labute approximate surface area is 199 Å². The van der Waals surface area contributed by atoms with Crippen molar-refractivity contribution in [1.29, 1.82) is 0 Å². The molecule has 2 heterocycles. The quantitative estimate of drug-likeness (QED) is 0.373. The van der Waals surface area contributed by atoms with Crippen LogP contribution in [-0.2, 0) is 12.5 Å². The molecule has 0 saturated heterocycles. The van der Waals surface area contributed by atoms with Crippen LogP contribution in [0.4, 0.5) is 0 Å². The fourth-order valence-electron chi connectivity index (χ4n) is 6.30. The van der Waals surface area contributed by atoms with Gasteiger partial charge in [-0.3, -0.25) is 0 Å². The van der Waals surface area contributed by atoms with Crippen LogP contribution in [0.1, 0.15) is 57.5 Å². The Kier molecular flexibility index (Phi) is 4.87. The zero-order chi connectivity index (χ0) is 23.7. The minimum atomic E-state index is -0.0553. The van der Waals surface area contributed by atoms with Crippen LogP contribution in [0.5, 0.6) is 0 Å². The first-order valence-electron chi connectivity index (χ1n) is 12.2. The molecular weight excluding hydrogens is 400 g/mol. The SMILES string of the molecule is Cc1cc(C)cc(-c2c(-c3ccccc3)c3n([n+]2C)C2C(=CC=C[C@H]2C)C(C)(C)C3(C)C)c1. The van der Waals surface area contributed by atoms with Gasteiger partial charge in [0.05, 0.1) is 11.3 Å². The third kappa shape index (κ3) is 3.03. The molecule has 0 saturated carbocycles. The molecule has 0 N–H and O–H groups in total. The van der Waals surface area contributed by atoms with Crippen molar-refractivity contribution in [3.8, 4) is 22.4 Å². The molecule has 1 aliphatic carbocycles. The van der Waals surface area contributed by atoms with E-state index in [4.69, 9.17) is 0 Å². The van der Waals surface area contributed by atoms with Crippen LogP contribution in [0, 0.1) is 25.2 Å². The normalized spacial score (nSPS) is 22.5. The van der Waals surface area contributed by atoms with E-state index in [1.165, 1.54) is 44.8 Å². The second-order valence-corrected chi connectivity index (χ2v) is 11.2. The highest BCUT2D eigenvalue weighted by atomic mass is 15.4. The van der Waals surface area contributed by atoms with Crippen LogP contribution in [0.25, 0.3) is 22.4 Å². The summed E-state index contributed by atoms with van der Waals surface area (Å²) in [5.41, 5.74) is 10.9. The first-order chi connectivity index (χ1) is 15.6. The Morgan fingerprint density at radius 2 is 1.48 bits per heavy atom. The second kappa shape index (κ2) is 7.32. The van der Waals surface area contributed by atoms with Crippen molar-refractivity contribution < 1.29 is 4.68 Å². The van der Waals surface area contributed by atoms with Gasteiger partial charge in [-0.2, -0.15) is 0 Å². The topological polar surface area (TPSA) is 8.81 Å². The van der Waals surface area contributed by atoms with Gasteiger partial charge in [-0.1, -0.05) is 100 Å². The van der Waals surface area contributed by atoms with Crippen LogP contribution >= 0.6 is 0 Å². The van der Waals surface area contributed by atoms with Crippen molar-refractivity contribution in [2.75, 3.05) is 0 Å². The summed E-state index contributed by atoms with van der Waals surface area (Å²) in [6.45, 7) is 16.5. The van der Waals surface area contributed by atoms with Crippen molar-refractivity contribution in [2.45, 2.75) is 59.9 Å². The molecule has 1 aliphatic heterocycles. The minimum Gasteiger partial charge on any atom is -0.148 e. The number of allylic oxidation sites excluding steroid dienone is 4. The van der Waals surface area contributed by atoms with E-state index >= 15 is 0 Å². The maximum absolute atomic E-state index is 2.63. The lowest BCUT2D eigenvalue weighted by Crippen LogP contribution is -2.55. The molecule has 0 amide bonds. The number of rotatable bonds is 2. The van der Waals surface area contributed by atoms with Gasteiger partial charge in [-0.25, -0.2) is 0 Å². The summed E-state index contributed by atoms with van der Waals surface area (Å²) in [4.78, 5) is 0. The van der Waals surface area contributed by atoms with E-state index in [-0.39, 0.29) is 10.8 Å². The number of hydrogen-bond donors (Lipinski definition) is 0. The Morgan fingerprint density at radius 3 is 2.12 bits per heavy atom. The molecule has 5 rings (SSSR count). The minimum absolute atomic E-state index is 0.0291. The molecule has 33 heavy (non-hydrogen) atoms. The average molecular weight is 438 g/mol. The number of fused-ring (bicyclic) bond motifs is 3. The molecule has 2 nitrogen and oxygen atoms in total. The predicted molar refractivity (Wildman–Crippen MR) is 138 cm³/mol. The molecule has 2 heteroatoms. The van der Waals surface area contributed by atoms with Crippen molar-refractivity contribution in [3.05, 3.63) is 89.2 Å². The van der Waals surface area contributed by atoms with E-state index in [1.54, 1.807) is 0 Å². The van der Waals surface area contributed by atoms with E-state index in [9.17, 15) is 0 Å². The maximum Gasteiger partial charge on any atom is 0.246 e. The van der Waals surface area contributed by atoms with E-state index in [2.05, 4.69) is 132 Å². The Morgan fingerprint density at radius 1 is 0.848 bits per heavy atom. The summed E-state index contributed by atoms with van der Waals surface area (Å²) >= 11 is 0. The van der Waals surface area contributed by atoms with Crippen LogP contribution in [0.2, 0.25) is 0 Å². The summed E-state index contributed by atoms with van der Waals surface area (Å²) in [6, 6.07) is 18.3. The molecule has 3 aromatic rings. The Hall–Kier alpha value is -2.87. The maximum atomic E-state index is 2.63. The van der Waals surface area contributed by atoms with Crippen molar-refractivity contribution in [2.24, 2.45) is 18.4 Å². The summed E-state index contributed by atoms with van der Waals surface area (Å²) in [5.74, 6) is 0.438. The lowest BCUT2D eigenvalue weighted by Gasteiger charge is -2.51. The number of benzene rings is 2. The number of nitrogens with zero attached hydrogens (tertiary/aromatic N) is 2. The first kappa shape index (κ1) is 21.9. The molecular formula is C31H37N2+. The highest BCUT2D eigenvalue weighted by Gasteiger charge is 2.56. The van der Waals surface area contributed by atoms with Crippen LogP contribution in [-0.4, -0.2) is 4.68 Å². The van der Waals surface area contributed by atoms with Gasteiger partial charge in [-0.15, -0.1) is 9.36 Å². The van der Waals surface area contributed by atoms with Crippen molar-refractivity contribution in [1.82, 2.24) is 4.68 Å². The van der Waals surface area contributed by atoms with E-state index in [0.29, 0.717) is 12.0 Å². The zero-order valence-electron chi connectivity index (χ0n) is 21.4. The van der Waals surface area contributed by atoms with Gasteiger partial charge in [0.2, 0.25) is 5.69 Å². The molecule has 1 unspecified atom stereocenters. The van der Waals surface area contributed by atoms with Gasteiger partial charge >= 0.3 is 0 Å². The summed E-state index contributed by atoms with van der Waals surface area (Å²) in [5, 5.41) is 0. The van der Waals surface area contributed by atoms with E-state index in [0.717, 1.165) is 0 Å². The molecule has 170 valence electrons. The van der Waals surface area contributed by atoms with Crippen LogP contribution in [0.15, 0.2) is 72.3 Å². The lowest BCUT2D eigenvalue weighted by molar-refractivity contribution is -0.747. The molecule has 2 aliphatic rings. The Balaban J connectivity index is 1.96. The smallest absolute Gasteiger partial charge is 0.148 e. The highest BCUT2D eigenvalue weighted by molar-refractivity contribution is 5.82.